The molecule has 1 aromatic heterocycles. The second kappa shape index (κ2) is 6.79. The average molecular weight is 364 g/mol. The summed E-state index contributed by atoms with van der Waals surface area (Å²) in [5.74, 6) is 0.712. The molecule has 2 N–H and O–H groups in total. The first-order chi connectivity index (χ1) is 10.3. The van der Waals surface area contributed by atoms with Crippen molar-refractivity contribution in [3.8, 4) is 0 Å². The van der Waals surface area contributed by atoms with Crippen molar-refractivity contribution >= 4 is 39.2 Å². The Morgan fingerprint density at radius 3 is 2.50 bits per heavy atom. The second-order valence-corrected chi connectivity index (χ2v) is 6.49. The molecule has 0 fully saturated rings. The fourth-order valence-corrected chi connectivity index (χ4v) is 2.07. The maximum atomic E-state index is 11.8. The summed E-state index contributed by atoms with van der Waals surface area (Å²) in [5, 5.41) is 5.88. The number of pyridine rings is 1. The molecule has 2 rings (SSSR count). The Kier molecular flexibility index (Phi) is 5.03. The maximum Gasteiger partial charge on any atom is 0.412 e. The molecule has 2 aromatic rings. The van der Waals surface area contributed by atoms with Gasteiger partial charge in [-0.3, -0.25) is 5.32 Å². The van der Waals surface area contributed by atoms with Crippen LogP contribution in [0.5, 0.6) is 0 Å². The molecule has 0 unspecified atom stereocenters. The molecule has 5 nitrogen and oxygen atoms in total. The van der Waals surface area contributed by atoms with E-state index in [2.05, 4.69) is 31.5 Å². The van der Waals surface area contributed by atoms with Gasteiger partial charge in [0.1, 0.15) is 16.0 Å². The molecule has 0 aliphatic heterocycles. The number of rotatable bonds is 3. The Morgan fingerprint density at radius 2 is 1.82 bits per heavy atom. The number of benzene rings is 1. The minimum absolute atomic E-state index is 0.481. The van der Waals surface area contributed by atoms with Crippen LogP contribution in [0.15, 0.2) is 47.1 Å². The molecule has 116 valence electrons. The summed E-state index contributed by atoms with van der Waals surface area (Å²) in [4.78, 5) is 16.1. The number of carbonyl (C=O) groups is 1. The largest absolute Gasteiger partial charge is 0.444 e. The third-order valence-electron chi connectivity index (χ3n) is 2.50. The molecule has 0 saturated heterocycles. The quantitative estimate of drug-likeness (QED) is 0.758. The first kappa shape index (κ1) is 16.3. The Hall–Kier alpha value is -2.08. The number of ether oxygens (including phenoxy) is 1. The molecule has 0 radical (unpaired) electrons. The Morgan fingerprint density at radius 1 is 1.14 bits per heavy atom. The Balaban J connectivity index is 2.05. The van der Waals surface area contributed by atoms with Crippen molar-refractivity contribution in [1.29, 1.82) is 0 Å². The Labute approximate surface area is 138 Å². The molecule has 0 saturated carbocycles. The first-order valence-electron chi connectivity index (χ1n) is 6.81. The summed E-state index contributed by atoms with van der Waals surface area (Å²) in [5.41, 5.74) is 0.939. The fraction of sp³-hybridized carbons (Fsp3) is 0.250. The van der Waals surface area contributed by atoms with Gasteiger partial charge in [0.25, 0.3) is 0 Å². The predicted octanol–water partition coefficient (Wildman–Crippen LogP) is 4.93. The van der Waals surface area contributed by atoms with Crippen molar-refractivity contribution in [3.63, 3.8) is 0 Å². The molecular weight excluding hydrogens is 346 g/mol. The maximum absolute atomic E-state index is 11.8. The summed E-state index contributed by atoms with van der Waals surface area (Å²) in [6, 6.07) is 12.9. The van der Waals surface area contributed by atoms with Crippen LogP contribution in [0.2, 0.25) is 0 Å². The average Bonchev–Trinajstić information content (AvgIpc) is 2.36. The van der Waals surface area contributed by atoms with Crippen LogP contribution in [0.4, 0.5) is 22.0 Å². The molecule has 0 aliphatic carbocycles. The van der Waals surface area contributed by atoms with Crippen LogP contribution in [-0.4, -0.2) is 16.7 Å². The van der Waals surface area contributed by atoms with Crippen molar-refractivity contribution in [2.24, 2.45) is 0 Å². The van der Waals surface area contributed by atoms with E-state index in [0.29, 0.717) is 11.5 Å². The van der Waals surface area contributed by atoms with Gasteiger partial charge < -0.3 is 10.1 Å². The van der Waals surface area contributed by atoms with E-state index in [1.165, 1.54) is 0 Å². The number of hydrogen-bond donors (Lipinski definition) is 2. The van der Waals surface area contributed by atoms with E-state index in [1.807, 2.05) is 57.2 Å². The van der Waals surface area contributed by atoms with Crippen LogP contribution in [0.3, 0.4) is 0 Å². The lowest BCUT2D eigenvalue weighted by atomic mass is 10.2. The number of anilines is 3. The molecule has 1 amide bonds. The highest BCUT2D eigenvalue weighted by Crippen LogP contribution is 2.20. The third kappa shape index (κ3) is 5.37. The van der Waals surface area contributed by atoms with Crippen molar-refractivity contribution < 1.29 is 9.53 Å². The summed E-state index contributed by atoms with van der Waals surface area (Å²) in [6.07, 6.45) is -0.481. The van der Waals surface area contributed by atoms with E-state index in [9.17, 15) is 4.79 Å². The number of nitrogens with one attached hydrogen (secondary N) is 2. The summed E-state index contributed by atoms with van der Waals surface area (Å²) in [7, 11) is 0. The number of hydrogen-bond acceptors (Lipinski definition) is 4. The van der Waals surface area contributed by atoms with Crippen LogP contribution >= 0.6 is 15.9 Å². The summed E-state index contributed by atoms with van der Waals surface area (Å²) >= 11 is 3.33. The van der Waals surface area contributed by atoms with E-state index >= 15 is 0 Å². The molecule has 0 atom stereocenters. The lowest BCUT2D eigenvalue weighted by Gasteiger charge is -2.19. The van der Waals surface area contributed by atoms with E-state index < -0.39 is 11.7 Å². The van der Waals surface area contributed by atoms with Gasteiger partial charge in [-0.05, 0) is 67.0 Å². The highest BCUT2D eigenvalue weighted by molar-refractivity contribution is 9.10. The van der Waals surface area contributed by atoms with Gasteiger partial charge in [0.2, 0.25) is 0 Å². The van der Waals surface area contributed by atoms with Gasteiger partial charge in [0, 0.05) is 11.4 Å². The van der Waals surface area contributed by atoms with Crippen LogP contribution < -0.4 is 10.6 Å². The highest BCUT2D eigenvalue weighted by atomic mass is 79.9. The van der Waals surface area contributed by atoms with Gasteiger partial charge in [0.05, 0.1) is 0 Å². The highest BCUT2D eigenvalue weighted by Gasteiger charge is 2.16. The van der Waals surface area contributed by atoms with Crippen LogP contribution in [0.1, 0.15) is 20.8 Å². The SMILES string of the molecule is CC(C)(C)OC(=O)Nc1cccc(Nc2cccc(Br)n2)c1. The zero-order valence-corrected chi connectivity index (χ0v) is 14.3. The number of amides is 1. The normalized spacial score (nSPS) is 10.9. The number of aromatic nitrogens is 1. The standard InChI is InChI=1S/C16H18BrN3O2/c1-16(2,3)22-15(21)19-12-7-4-6-11(10-12)18-14-9-5-8-13(17)20-14/h4-10H,1-3H3,(H,18,20)(H,19,21). The van der Waals surface area contributed by atoms with E-state index in [-0.39, 0.29) is 0 Å². The molecule has 0 spiro atoms. The number of carbonyl (C=O) groups excluding carboxylic acids is 1. The lowest BCUT2D eigenvalue weighted by molar-refractivity contribution is 0.0636. The van der Waals surface area contributed by atoms with Crippen molar-refractivity contribution in [2.45, 2.75) is 26.4 Å². The van der Waals surface area contributed by atoms with Crippen molar-refractivity contribution in [1.82, 2.24) is 4.98 Å². The first-order valence-corrected chi connectivity index (χ1v) is 7.61. The van der Waals surface area contributed by atoms with E-state index in [4.69, 9.17) is 4.74 Å². The number of halogens is 1. The van der Waals surface area contributed by atoms with Crippen LogP contribution in [0, 0.1) is 0 Å². The number of nitrogens with zero attached hydrogens (tertiary/aromatic N) is 1. The van der Waals surface area contributed by atoms with Crippen LogP contribution in [0.25, 0.3) is 0 Å². The van der Waals surface area contributed by atoms with Gasteiger partial charge in [0.15, 0.2) is 0 Å². The molecule has 0 aliphatic rings. The molecule has 6 heteroatoms. The van der Waals surface area contributed by atoms with E-state index in [1.54, 1.807) is 6.07 Å². The fourth-order valence-electron chi connectivity index (χ4n) is 1.72. The molecular formula is C16H18BrN3O2. The topological polar surface area (TPSA) is 63.2 Å². The van der Waals surface area contributed by atoms with Gasteiger partial charge in [-0.15, -0.1) is 0 Å². The van der Waals surface area contributed by atoms with Gasteiger partial charge in [-0.2, -0.15) is 0 Å². The molecule has 1 heterocycles. The molecule has 22 heavy (non-hydrogen) atoms. The van der Waals surface area contributed by atoms with Crippen molar-refractivity contribution in [3.05, 3.63) is 47.1 Å². The predicted molar refractivity (Wildman–Crippen MR) is 91.5 cm³/mol. The second-order valence-electron chi connectivity index (χ2n) is 5.68. The minimum atomic E-state index is -0.528. The van der Waals surface area contributed by atoms with Crippen LogP contribution in [-0.2, 0) is 4.74 Å². The summed E-state index contributed by atoms with van der Waals surface area (Å²) < 4.78 is 5.98. The third-order valence-corrected chi connectivity index (χ3v) is 2.94. The zero-order chi connectivity index (χ0) is 16.2. The summed E-state index contributed by atoms with van der Waals surface area (Å²) in [6.45, 7) is 5.47. The van der Waals surface area contributed by atoms with Gasteiger partial charge in [-0.1, -0.05) is 12.1 Å². The molecule has 1 aromatic carbocycles. The molecule has 0 bridgehead atoms. The van der Waals surface area contributed by atoms with Gasteiger partial charge in [-0.25, -0.2) is 9.78 Å². The monoisotopic (exact) mass is 363 g/mol. The van der Waals surface area contributed by atoms with Gasteiger partial charge >= 0.3 is 6.09 Å². The lowest BCUT2D eigenvalue weighted by Crippen LogP contribution is -2.27. The zero-order valence-electron chi connectivity index (χ0n) is 12.7. The van der Waals surface area contributed by atoms with E-state index in [0.717, 1.165) is 10.3 Å². The minimum Gasteiger partial charge on any atom is -0.444 e. The smallest absolute Gasteiger partial charge is 0.412 e. The Bertz CT molecular complexity index is 668. The van der Waals surface area contributed by atoms with Crippen molar-refractivity contribution in [2.75, 3.05) is 10.6 Å².